The van der Waals surface area contributed by atoms with E-state index in [0.29, 0.717) is 24.2 Å². The minimum atomic E-state index is -0.945. The normalized spacial score (nSPS) is 13.7. The number of aromatic nitrogens is 1. The lowest BCUT2D eigenvalue weighted by Crippen LogP contribution is -2.28. The van der Waals surface area contributed by atoms with Gasteiger partial charge in [-0.05, 0) is 67.1 Å². The molecule has 0 N–H and O–H groups in total. The van der Waals surface area contributed by atoms with E-state index in [0.717, 1.165) is 58.0 Å². The number of thiophene rings is 1. The van der Waals surface area contributed by atoms with Crippen molar-refractivity contribution in [3.05, 3.63) is 102 Å². The Morgan fingerprint density at radius 1 is 0.930 bits per heavy atom. The van der Waals surface area contributed by atoms with Gasteiger partial charge in [-0.1, -0.05) is 36.4 Å². The number of methoxy groups -OCH3 is 1. The molecular weight excluding hydrogens is 565 g/mol. The Bertz CT molecular complexity index is 1750. The first-order valence-electron chi connectivity index (χ1n) is 14.5. The van der Waals surface area contributed by atoms with E-state index >= 15 is 4.39 Å². The molecule has 0 radical (unpaired) electrons. The first-order chi connectivity index (χ1) is 20.9. The number of unbranched alkanes of at least 4 members (excludes halogenated alkanes) is 1. The van der Waals surface area contributed by atoms with Crippen molar-refractivity contribution in [2.24, 2.45) is 5.41 Å². The summed E-state index contributed by atoms with van der Waals surface area (Å²) >= 11 is 1.47. The standard InChI is InChI=1S/C35H32FNO5S/c1-40-18-6-5-9-25-11-13-29(41-25)31-22-27-34(43-31)30(14-17-37-27)42-28-12-10-24(19-26(28)36)21-33(39)35(15-16-35)32(38)20-23-7-3-2-4-8-23/h2-4,7-8,10-14,17,19,22H,5-6,9,15-16,18,20-21H2,1H3. The van der Waals surface area contributed by atoms with Crippen LogP contribution in [0.5, 0.6) is 11.5 Å². The van der Waals surface area contributed by atoms with Crippen LogP contribution in [0.1, 0.15) is 42.6 Å². The summed E-state index contributed by atoms with van der Waals surface area (Å²) in [5, 5.41) is 0. The predicted octanol–water partition coefficient (Wildman–Crippen LogP) is 8.16. The number of fused-ring (bicyclic) bond motifs is 1. The minimum absolute atomic E-state index is 0.00301. The molecule has 6 nitrogen and oxygen atoms in total. The molecule has 0 aliphatic heterocycles. The van der Waals surface area contributed by atoms with Crippen LogP contribution in [0.3, 0.4) is 0 Å². The number of carbonyl (C=O) groups is 2. The third-order valence-electron chi connectivity index (χ3n) is 7.91. The molecule has 1 saturated carbocycles. The quantitative estimate of drug-likeness (QED) is 0.0949. The molecule has 3 heterocycles. The number of carbonyl (C=O) groups excluding carboxylic acids is 2. The number of ether oxygens (including phenoxy) is 2. The van der Waals surface area contributed by atoms with Crippen molar-refractivity contribution in [1.82, 2.24) is 4.98 Å². The second-order valence-electron chi connectivity index (χ2n) is 11.0. The van der Waals surface area contributed by atoms with Gasteiger partial charge in [0.15, 0.2) is 23.1 Å². The molecule has 0 bridgehead atoms. The van der Waals surface area contributed by atoms with E-state index in [1.54, 1.807) is 25.4 Å². The summed E-state index contributed by atoms with van der Waals surface area (Å²) in [5.41, 5.74) is 1.19. The number of halogens is 1. The monoisotopic (exact) mass is 597 g/mol. The first kappa shape index (κ1) is 29.0. The van der Waals surface area contributed by atoms with Crippen molar-refractivity contribution in [1.29, 1.82) is 0 Å². The van der Waals surface area contributed by atoms with Crippen molar-refractivity contribution < 1.29 is 27.9 Å². The van der Waals surface area contributed by atoms with Crippen LogP contribution in [0.25, 0.3) is 20.9 Å². The highest BCUT2D eigenvalue weighted by atomic mass is 32.1. The highest BCUT2D eigenvalue weighted by molar-refractivity contribution is 7.22. The third-order valence-corrected chi connectivity index (χ3v) is 9.06. The number of ketones is 2. The number of hydrogen-bond acceptors (Lipinski definition) is 7. The number of nitrogens with zero attached hydrogens (tertiary/aromatic N) is 1. The van der Waals surface area contributed by atoms with Crippen LogP contribution in [-0.4, -0.2) is 30.3 Å². The second kappa shape index (κ2) is 12.6. The van der Waals surface area contributed by atoms with Crippen molar-refractivity contribution in [2.45, 2.75) is 44.9 Å². The van der Waals surface area contributed by atoms with Gasteiger partial charge in [0.1, 0.15) is 17.3 Å². The SMILES string of the molecule is COCCCCc1ccc(-c2cc3nccc(Oc4ccc(CC(=O)C5(C(=O)Cc6ccccc6)CC5)cc4F)c3s2)o1. The van der Waals surface area contributed by atoms with E-state index in [1.807, 2.05) is 48.5 Å². The number of furan rings is 1. The average Bonchev–Trinajstić information content (AvgIpc) is 3.49. The molecule has 1 aliphatic carbocycles. The van der Waals surface area contributed by atoms with Gasteiger partial charge in [0.05, 0.1) is 20.5 Å². The molecular formula is C35H32FNO5S. The van der Waals surface area contributed by atoms with Crippen LogP contribution in [0, 0.1) is 11.2 Å². The van der Waals surface area contributed by atoms with Crippen molar-refractivity contribution in [3.8, 4) is 22.1 Å². The van der Waals surface area contributed by atoms with Gasteiger partial charge in [-0.3, -0.25) is 14.6 Å². The zero-order valence-electron chi connectivity index (χ0n) is 23.9. The maximum atomic E-state index is 15.2. The zero-order valence-corrected chi connectivity index (χ0v) is 24.8. The highest BCUT2D eigenvalue weighted by Crippen LogP contribution is 2.49. The van der Waals surface area contributed by atoms with E-state index < -0.39 is 11.2 Å². The van der Waals surface area contributed by atoms with Crippen LogP contribution in [0.4, 0.5) is 4.39 Å². The molecule has 1 aliphatic rings. The van der Waals surface area contributed by atoms with E-state index in [-0.39, 0.29) is 30.2 Å². The number of benzene rings is 2. The molecule has 6 rings (SSSR count). The molecule has 220 valence electrons. The molecule has 0 amide bonds. The Labute approximate surface area is 253 Å². The van der Waals surface area contributed by atoms with Crippen molar-refractivity contribution >= 4 is 33.1 Å². The van der Waals surface area contributed by atoms with Crippen LogP contribution in [0.2, 0.25) is 0 Å². The lowest BCUT2D eigenvalue weighted by Gasteiger charge is -2.14. The Kier molecular flexibility index (Phi) is 8.49. The molecule has 1 fully saturated rings. The highest BCUT2D eigenvalue weighted by Gasteiger charge is 2.54. The van der Waals surface area contributed by atoms with Crippen LogP contribution < -0.4 is 4.74 Å². The summed E-state index contributed by atoms with van der Waals surface area (Å²) in [6.07, 6.45) is 5.77. The summed E-state index contributed by atoms with van der Waals surface area (Å²) in [4.78, 5) is 31.5. The smallest absolute Gasteiger partial charge is 0.166 e. The third kappa shape index (κ3) is 6.45. The average molecular weight is 598 g/mol. The van der Waals surface area contributed by atoms with Gasteiger partial charge < -0.3 is 13.9 Å². The molecule has 2 aromatic carbocycles. The molecule has 0 saturated heterocycles. The Morgan fingerprint density at radius 2 is 1.72 bits per heavy atom. The van der Waals surface area contributed by atoms with Gasteiger partial charge in [-0.15, -0.1) is 11.3 Å². The van der Waals surface area contributed by atoms with Gasteiger partial charge >= 0.3 is 0 Å². The Balaban J connectivity index is 1.13. The number of Topliss-reactive ketones (excluding diaryl/α,β-unsaturated/α-hetero) is 2. The number of hydrogen-bond donors (Lipinski definition) is 0. The summed E-state index contributed by atoms with van der Waals surface area (Å²) in [7, 11) is 1.70. The first-order valence-corrected chi connectivity index (χ1v) is 15.3. The predicted molar refractivity (Wildman–Crippen MR) is 164 cm³/mol. The molecule has 5 aromatic rings. The number of aryl methyl sites for hydroxylation is 1. The van der Waals surface area contributed by atoms with E-state index in [9.17, 15) is 9.59 Å². The van der Waals surface area contributed by atoms with Crippen molar-refractivity contribution in [3.63, 3.8) is 0 Å². The summed E-state index contributed by atoms with van der Waals surface area (Å²) < 4.78 is 33.2. The minimum Gasteiger partial charge on any atom is -0.460 e. The molecule has 0 spiro atoms. The maximum absolute atomic E-state index is 15.2. The van der Waals surface area contributed by atoms with Crippen LogP contribution in [0.15, 0.2) is 83.4 Å². The molecule has 43 heavy (non-hydrogen) atoms. The lowest BCUT2D eigenvalue weighted by atomic mass is 9.88. The van der Waals surface area contributed by atoms with Gasteiger partial charge in [0.25, 0.3) is 0 Å². The zero-order chi connectivity index (χ0) is 29.8. The Hall–Kier alpha value is -4.14. The maximum Gasteiger partial charge on any atom is 0.166 e. The topological polar surface area (TPSA) is 78.6 Å². The Morgan fingerprint density at radius 3 is 2.47 bits per heavy atom. The molecule has 0 atom stereocenters. The van der Waals surface area contributed by atoms with E-state index in [1.165, 1.54) is 23.5 Å². The van der Waals surface area contributed by atoms with E-state index in [2.05, 4.69) is 4.98 Å². The van der Waals surface area contributed by atoms with Crippen molar-refractivity contribution in [2.75, 3.05) is 13.7 Å². The van der Waals surface area contributed by atoms with Crippen LogP contribution in [-0.2, 0) is 33.6 Å². The molecule has 3 aromatic heterocycles. The lowest BCUT2D eigenvalue weighted by molar-refractivity contribution is -0.133. The van der Waals surface area contributed by atoms with Gasteiger partial charge in [0.2, 0.25) is 0 Å². The largest absolute Gasteiger partial charge is 0.460 e. The number of pyridine rings is 1. The summed E-state index contributed by atoms with van der Waals surface area (Å²) in [6.45, 7) is 0.733. The number of rotatable bonds is 14. The van der Waals surface area contributed by atoms with Gasteiger partial charge in [0, 0.05) is 45.2 Å². The fourth-order valence-corrected chi connectivity index (χ4v) is 6.33. The second-order valence-corrected chi connectivity index (χ2v) is 12.0. The summed E-state index contributed by atoms with van der Waals surface area (Å²) in [5.74, 6) is 1.42. The molecule has 8 heteroatoms. The summed E-state index contributed by atoms with van der Waals surface area (Å²) in [6, 6.07) is 21.6. The fraction of sp³-hybridized carbons (Fsp3) is 0.286. The van der Waals surface area contributed by atoms with E-state index in [4.69, 9.17) is 13.9 Å². The fourth-order valence-electron chi connectivity index (χ4n) is 5.31. The van der Waals surface area contributed by atoms with Crippen LogP contribution >= 0.6 is 11.3 Å². The van der Waals surface area contributed by atoms with Gasteiger partial charge in [-0.2, -0.15) is 0 Å². The van der Waals surface area contributed by atoms with Gasteiger partial charge in [-0.25, -0.2) is 4.39 Å². The molecule has 0 unspecified atom stereocenters.